The van der Waals surface area contributed by atoms with Crippen LogP contribution in [0.3, 0.4) is 0 Å². The van der Waals surface area contributed by atoms with Gasteiger partial charge in [-0.1, -0.05) is 23.8 Å². The molecule has 1 aliphatic carbocycles. The molecule has 2 unspecified atom stereocenters. The van der Waals surface area contributed by atoms with Gasteiger partial charge in [0.15, 0.2) is 6.10 Å². The molecule has 0 aromatic heterocycles. The maximum atomic E-state index is 11.8. The van der Waals surface area contributed by atoms with Crippen molar-refractivity contribution in [2.24, 2.45) is 0 Å². The van der Waals surface area contributed by atoms with Gasteiger partial charge in [0.05, 0.1) is 0 Å². The summed E-state index contributed by atoms with van der Waals surface area (Å²) in [6.45, 7) is 4.12. The van der Waals surface area contributed by atoms with Gasteiger partial charge in [-0.15, -0.1) is 0 Å². The first kappa shape index (κ1) is 11.7. The third-order valence-electron chi connectivity index (χ3n) is 3.79. The molecule has 2 atom stereocenters. The van der Waals surface area contributed by atoms with E-state index < -0.39 is 0 Å². The number of carbonyl (C=O) groups excluding carboxylic acids is 1. The Hall–Kier alpha value is -1.35. The van der Waals surface area contributed by atoms with E-state index in [1.165, 1.54) is 17.5 Å². The predicted molar refractivity (Wildman–Crippen MR) is 67.3 cm³/mol. The SMILES string of the molecule is Cc1ccc(C2OC2C(=O)OC2CCC2)c(C)c1. The Morgan fingerprint density at radius 2 is 2.11 bits per heavy atom. The largest absolute Gasteiger partial charge is 0.460 e. The smallest absolute Gasteiger partial charge is 0.338 e. The van der Waals surface area contributed by atoms with Crippen LogP contribution in [0.1, 0.15) is 42.1 Å². The quantitative estimate of drug-likeness (QED) is 0.608. The zero-order valence-electron chi connectivity index (χ0n) is 10.8. The van der Waals surface area contributed by atoms with E-state index in [2.05, 4.69) is 26.0 Å². The van der Waals surface area contributed by atoms with E-state index in [1.54, 1.807) is 0 Å². The average Bonchev–Trinajstić information content (AvgIpc) is 3.03. The molecule has 1 heterocycles. The van der Waals surface area contributed by atoms with Gasteiger partial charge in [0.25, 0.3) is 0 Å². The van der Waals surface area contributed by atoms with Crippen LogP contribution in [0.15, 0.2) is 18.2 Å². The summed E-state index contributed by atoms with van der Waals surface area (Å²) in [5.41, 5.74) is 3.51. The Balaban J connectivity index is 1.64. The molecule has 18 heavy (non-hydrogen) atoms. The highest BCUT2D eigenvalue weighted by atomic mass is 16.6. The Morgan fingerprint density at radius 3 is 2.72 bits per heavy atom. The van der Waals surface area contributed by atoms with Gasteiger partial charge in [0.1, 0.15) is 12.2 Å². The van der Waals surface area contributed by atoms with Crippen molar-refractivity contribution in [2.75, 3.05) is 0 Å². The van der Waals surface area contributed by atoms with Gasteiger partial charge in [-0.2, -0.15) is 0 Å². The standard InChI is InChI=1S/C15H18O3/c1-9-6-7-12(10(2)8-9)13-14(18-13)15(16)17-11-4-3-5-11/h6-8,11,13-14H,3-5H2,1-2H3. The summed E-state index contributed by atoms with van der Waals surface area (Å²) in [4.78, 5) is 11.8. The highest BCUT2D eigenvalue weighted by molar-refractivity contribution is 5.78. The molecule has 1 aromatic rings. The monoisotopic (exact) mass is 246 g/mol. The molecule has 1 saturated carbocycles. The minimum atomic E-state index is -0.382. The minimum Gasteiger partial charge on any atom is -0.460 e. The highest BCUT2D eigenvalue weighted by Gasteiger charge is 2.48. The third-order valence-corrected chi connectivity index (χ3v) is 3.79. The van der Waals surface area contributed by atoms with E-state index in [0.717, 1.165) is 18.4 Å². The fourth-order valence-electron chi connectivity index (χ4n) is 2.39. The first-order valence-electron chi connectivity index (χ1n) is 6.58. The van der Waals surface area contributed by atoms with E-state index in [1.807, 2.05) is 6.07 Å². The van der Waals surface area contributed by atoms with Gasteiger partial charge in [-0.25, -0.2) is 4.79 Å². The predicted octanol–water partition coefficient (Wildman–Crippen LogP) is 2.84. The van der Waals surface area contributed by atoms with E-state index in [0.29, 0.717) is 0 Å². The van der Waals surface area contributed by atoms with E-state index in [9.17, 15) is 4.79 Å². The van der Waals surface area contributed by atoms with Crippen molar-refractivity contribution >= 4 is 5.97 Å². The summed E-state index contributed by atoms with van der Waals surface area (Å²) in [5, 5.41) is 0. The van der Waals surface area contributed by atoms with Gasteiger partial charge in [0, 0.05) is 0 Å². The lowest BCUT2D eigenvalue weighted by Crippen LogP contribution is -2.27. The van der Waals surface area contributed by atoms with Crippen LogP contribution in [0.2, 0.25) is 0 Å². The number of hydrogen-bond acceptors (Lipinski definition) is 3. The van der Waals surface area contributed by atoms with Crippen LogP contribution in [-0.2, 0) is 14.3 Å². The van der Waals surface area contributed by atoms with Crippen LogP contribution in [0.4, 0.5) is 0 Å². The lowest BCUT2D eigenvalue weighted by atomic mass is 9.96. The van der Waals surface area contributed by atoms with Crippen molar-refractivity contribution in [2.45, 2.75) is 51.4 Å². The number of aryl methyl sites for hydroxylation is 2. The maximum Gasteiger partial charge on any atom is 0.338 e. The second-order valence-electron chi connectivity index (χ2n) is 5.33. The molecule has 1 aromatic carbocycles. The lowest BCUT2D eigenvalue weighted by Gasteiger charge is -2.24. The van der Waals surface area contributed by atoms with Crippen molar-refractivity contribution in [3.05, 3.63) is 34.9 Å². The van der Waals surface area contributed by atoms with E-state index in [4.69, 9.17) is 9.47 Å². The Morgan fingerprint density at radius 1 is 1.33 bits per heavy atom. The first-order valence-corrected chi connectivity index (χ1v) is 6.58. The van der Waals surface area contributed by atoms with Crippen LogP contribution in [0.25, 0.3) is 0 Å². The maximum absolute atomic E-state index is 11.8. The molecule has 0 bridgehead atoms. The zero-order chi connectivity index (χ0) is 12.7. The first-order chi connectivity index (χ1) is 8.65. The molecule has 3 rings (SSSR count). The number of benzene rings is 1. The average molecular weight is 246 g/mol. The summed E-state index contributed by atoms with van der Waals surface area (Å²) >= 11 is 0. The fraction of sp³-hybridized carbons (Fsp3) is 0.533. The number of epoxide rings is 1. The van der Waals surface area contributed by atoms with Crippen LogP contribution < -0.4 is 0 Å². The van der Waals surface area contributed by atoms with Gasteiger partial charge in [0.2, 0.25) is 0 Å². The molecule has 2 fully saturated rings. The minimum absolute atomic E-state index is 0.0989. The van der Waals surface area contributed by atoms with Crippen LogP contribution >= 0.6 is 0 Å². The summed E-state index contributed by atoms with van der Waals surface area (Å²) in [6.07, 6.45) is 2.84. The Bertz CT molecular complexity index is 477. The zero-order valence-corrected chi connectivity index (χ0v) is 10.8. The van der Waals surface area contributed by atoms with E-state index >= 15 is 0 Å². The van der Waals surface area contributed by atoms with Gasteiger partial charge in [-0.05, 0) is 44.2 Å². The Labute approximate surface area is 107 Å². The summed E-state index contributed by atoms with van der Waals surface area (Å²) < 4.78 is 10.8. The molecular formula is C15H18O3. The number of esters is 1. The molecule has 0 N–H and O–H groups in total. The lowest BCUT2D eigenvalue weighted by molar-refractivity contribution is -0.154. The second kappa shape index (κ2) is 4.39. The number of carbonyl (C=O) groups is 1. The van der Waals surface area contributed by atoms with Crippen molar-refractivity contribution in [3.8, 4) is 0 Å². The number of hydrogen-bond donors (Lipinski definition) is 0. The molecule has 2 aliphatic rings. The molecule has 3 nitrogen and oxygen atoms in total. The molecule has 0 radical (unpaired) electrons. The van der Waals surface area contributed by atoms with Crippen molar-refractivity contribution in [3.63, 3.8) is 0 Å². The van der Waals surface area contributed by atoms with Crippen molar-refractivity contribution in [1.82, 2.24) is 0 Å². The normalized spacial score (nSPS) is 26.6. The van der Waals surface area contributed by atoms with Gasteiger partial charge >= 0.3 is 5.97 Å². The van der Waals surface area contributed by atoms with E-state index in [-0.39, 0.29) is 24.3 Å². The van der Waals surface area contributed by atoms with Crippen molar-refractivity contribution in [1.29, 1.82) is 0 Å². The second-order valence-corrected chi connectivity index (χ2v) is 5.33. The Kier molecular flexibility index (Phi) is 2.86. The molecule has 0 amide bonds. The summed E-state index contributed by atoms with van der Waals surface area (Å²) in [6, 6.07) is 6.22. The number of rotatable bonds is 3. The topological polar surface area (TPSA) is 38.8 Å². The fourth-order valence-corrected chi connectivity index (χ4v) is 2.39. The summed E-state index contributed by atoms with van der Waals surface area (Å²) in [5.74, 6) is -0.190. The molecule has 1 aliphatic heterocycles. The molecule has 96 valence electrons. The molecular weight excluding hydrogens is 228 g/mol. The third kappa shape index (κ3) is 2.15. The molecule has 1 saturated heterocycles. The number of ether oxygens (including phenoxy) is 2. The van der Waals surface area contributed by atoms with Gasteiger partial charge in [-0.3, -0.25) is 0 Å². The van der Waals surface area contributed by atoms with Crippen LogP contribution in [-0.4, -0.2) is 18.2 Å². The highest BCUT2D eigenvalue weighted by Crippen LogP contribution is 2.41. The van der Waals surface area contributed by atoms with Crippen LogP contribution in [0.5, 0.6) is 0 Å². The van der Waals surface area contributed by atoms with Crippen LogP contribution in [0, 0.1) is 13.8 Å². The molecule has 3 heteroatoms. The summed E-state index contributed by atoms with van der Waals surface area (Å²) in [7, 11) is 0. The van der Waals surface area contributed by atoms with Gasteiger partial charge < -0.3 is 9.47 Å². The molecule has 0 spiro atoms. The van der Waals surface area contributed by atoms with Crippen molar-refractivity contribution < 1.29 is 14.3 Å².